The maximum absolute atomic E-state index is 12.4. The zero-order chi connectivity index (χ0) is 14.5. The maximum atomic E-state index is 12.4. The molecule has 1 aromatic rings. The monoisotopic (exact) mass is 275 g/mol. The van der Waals surface area contributed by atoms with Crippen LogP contribution in [0.3, 0.4) is 0 Å². The van der Waals surface area contributed by atoms with Crippen molar-refractivity contribution in [3.05, 3.63) is 35.9 Å². The van der Waals surface area contributed by atoms with E-state index in [2.05, 4.69) is 36.2 Å². The first kappa shape index (κ1) is 15.0. The molecule has 2 unspecified atom stereocenters. The lowest BCUT2D eigenvalue weighted by molar-refractivity contribution is -0.133. The van der Waals surface area contributed by atoms with E-state index < -0.39 is 0 Å². The second kappa shape index (κ2) is 6.86. The van der Waals surface area contributed by atoms with Gasteiger partial charge in [-0.05, 0) is 19.4 Å². The van der Waals surface area contributed by atoms with E-state index in [4.69, 9.17) is 0 Å². The number of rotatable bonds is 4. The van der Waals surface area contributed by atoms with Gasteiger partial charge in [-0.3, -0.25) is 9.69 Å². The molecule has 1 heterocycles. The van der Waals surface area contributed by atoms with Crippen molar-refractivity contribution in [1.29, 1.82) is 0 Å². The second-order valence-corrected chi connectivity index (χ2v) is 5.61. The van der Waals surface area contributed by atoms with Crippen molar-refractivity contribution in [2.24, 2.45) is 0 Å². The van der Waals surface area contributed by atoms with Crippen LogP contribution in [0, 0.1) is 0 Å². The summed E-state index contributed by atoms with van der Waals surface area (Å²) >= 11 is 0. The third-order valence-electron chi connectivity index (χ3n) is 4.23. The number of likely N-dealkylation sites (N-methyl/N-ethyl adjacent to an activating group) is 1. The molecule has 0 spiro atoms. The molecule has 4 nitrogen and oxygen atoms in total. The van der Waals surface area contributed by atoms with Gasteiger partial charge in [0.05, 0.1) is 12.6 Å². The summed E-state index contributed by atoms with van der Waals surface area (Å²) in [5, 5.41) is 3.35. The van der Waals surface area contributed by atoms with Crippen LogP contribution in [-0.4, -0.2) is 55.0 Å². The smallest absolute Gasteiger partial charge is 0.237 e. The Hall–Kier alpha value is -1.39. The zero-order valence-electron chi connectivity index (χ0n) is 12.7. The molecule has 110 valence electrons. The van der Waals surface area contributed by atoms with Crippen LogP contribution in [0.2, 0.25) is 0 Å². The molecular formula is C16H25N3O. The molecule has 0 saturated carbocycles. The van der Waals surface area contributed by atoms with Gasteiger partial charge >= 0.3 is 0 Å². The zero-order valence-corrected chi connectivity index (χ0v) is 12.7. The number of hydrogen-bond acceptors (Lipinski definition) is 3. The van der Waals surface area contributed by atoms with Crippen molar-refractivity contribution < 1.29 is 4.79 Å². The lowest BCUT2D eigenvalue weighted by Crippen LogP contribution is -2.53. The highest BCUT2D eigenvalue weighted by atomic mass is 16.2. The average Bonchev–Trinajstić information content (AvgIpc) is 2.49. The van der Waals surface area contributed by atoms with Crippen LogP contribution in [0.25, 0.3) is 0 Å². The molecule has 0 radical (unpaired) electrons. The molecule has 1 N–H and O–H groups in total. The predicted octanol–water partition coefficient (Wildman–Crippen LogP) is 1.50. The van der Waals surface area contributed by atoms with E-state index in [1.54, 1.807) is 0 Å². The highest BCUT2D eigenvalue weighted by Crippen LogP contribution is 2.18. The van der Waals surface area contributed by atoms with Crippen molar-refractivity contribution in [3.8, 4) is 0 Å². The Labute approximate surface area is 121 Å². The molecule has 1 saturated heterocycles. The minimum Gasteiger partial charge on any atom is -0.338 e. The summed E-state index contributed by atoms with van der Waals surface area (Å²) in [5.74, 6) is 0.190. The number of carbonyl (C=O) groups excluding carboxylic acids is 1. The first-order chi connectivity index (χ1) is 9.59. The molecule has 0 aliphatic carbocycles. The van der Waals surface area contributed by atoms with E-state index in [1.807, 2.05) is 30.1 Å². The molecule has 1 fully saturated rings. The fraction of sp³-hybridized carbons (Fsp3) is 0.562. The summed E-state index contributed by atoms with van der Waals surface area (Å²) in [5.41, 5.74) is 1.18. The standard InChI is InChI=1S/C16H25N3O/c1-13-11-17-9-10-19(13)12-16(20)18(3)14(2)15-7-5-4-6-8-15/h4-8,13-14,17H,9-12H2,1-3H3. The maximum Gasteiger partial charge on any atom is 0.237 e. The topological polar surface area (TPSA) is 35.6 Å². The molecule has 0 bridgehead atoms. The number of piperazine rings is 1. The van der Waals surface area contributed by atoms with Crippen LogP contribution >= 0.6 is 0 Å². The van der Waals surface area contributed by atoms with Crippen molar-refractivity contribution >= 4 is 5.91 Å². The highest BCUT2D eigenvalue weighted by molar-refractivity contribution is 5.78. The van der Waals surface area contributed by atoms with Gasteiger partial charge in [0.1, 0.15) is 0 Å². The molecule has 1 aromatic carbocycles. The number of amides is 1. The normalized spacial score (nSPS) is 21.4. The first-order valence-electron chi connectivity index (χ1n) is 7.35. The number of benzene rings is 1. The molecule has 20 heavy (non-hydrogen) atoms. The van der Waals surface area contributed by atoms with Crippen LogP contribution in [0.15, 0.2) is 30.3 Å². The molecule has 1 amide bonds. The Kier molecular flexibility index (Phi) is 5.15. The third-order valence-corrected chi connectivity index (χ3v) is 4.23. The average molecular weight is 275 g/mol. The van der Waals surface area contributed by atoms with E-state index in [-0.39, 0.29) is 11.9 Å². The van der Waals surface area contributed by atoms with E-state index >= 15 is 0 Å². The van der Waals surface area contributed by atoms with Crippen molar-refractivity contribution in [3.63, 3.8) is 0 Å². The summed E-state index contributed by atoms with van der Waals surface area (Å²) in [4.78, 5) is 16.5. The Balaban J connectivity index is 1.94. The Morgan fingerprint density at radius 1 is 1.45 bits per heavy atom. The molecule has 2 rings (SSSR count). The van der Waals surface area contributed by atoms with Crippen molar-refractivity contribution in [2.75, 3.05) is 33.2 Å². The second-order valence-electron chi connectivity index (χ2n) is 5.61. The third kappa shape index (κ3) is 3.58. The summed E-state index contributed by atoms with van der Waals surface area (Å²) < 4.78 is 0. The van der Waals surface area contributed by atoms with E-state index in [0.717, 1.165) is 19.6 Å². The lowest BCUT2D eigenvalue weighted by atomic mass is 10.1. The Morgan fingerprint density at radius 2 is 2.15 bits per heavy atom. The molecule has 4 heteroatoms. The quantitative estimate of drug-likeness (QED) is 0.904. The van der Waals surface area contributed by atoms with Gasteiger partial charge in [0.25, 0.3) is 0 Å². The van der Waals surface area contributed by atoms with Gasteiger partial charge in [-0.2, -0.15) is 0 Å². The largest absolute Gasteiger partial charge is 0.338 e. The van der Waals surface area contributed by atoms with Gasteiger partial charge in [-0.15, -0.1) is 0 Å². The molecule has 2 atom stereocenters. The van der Waals surface area contributed by atoms with Crippen LogP contribution in [0.1, 0.15) is 25.5 Å². The van der Waals surface area contributed by atoms with E-state index in [0.29, 0.717) is 12.6 Å². The number of hydrogen-bond donors (Lipinski definition) is 1. The number of carbonyl (C=O) groups is 1. The summed E-state index contributed by atoms with van der Waals surface area (Å²) in [7, 11) is 1.90. The van der Waals surface area contributed by atoms with Gasteiger partial charge in [0, 0.05) is 32.7 Å². The van der Waals surface area contributed by atoms with Gasteiger partial charge in [0.2, 0.25) is 5.91 Å². The fourth-order valence-electron chi connectivity index (χ4n) is 2.57. The Morgan fingerprint density at radius 3 is 2.80 bits per heavy atom. The van der Waals surface area contributed by atoms with Gasteiger partial charge in [0.15, 0.2) is 0 Å². The Bertz CT molecular complexity index is 435. The summed E-state index contributed by atoms with van der Waals surface area (Å²) in [6, 6.07) is 10.7. The summed E-state index contributed by atoms with van der Waals surface area (Å²) in [6.45, 7) is 7.63. The number of nitrogens with zero attached hydrogens (tertiary/aromatic N) is 2. The highest BCUT2D eigenvalue weighted by Gasteiger charge is 2.24. The fourth-order valence-corrected chi connectivity index (χ4v) is 2.57. The predicted molar refractivity (Wildman–Crippen MR) is 81.5 cm³/mol. The van der Waals surface area contributed by atoms with Crippen LogP contribution in [0.4, 0.5) is 0 Å². The van der Waals surface area contributed by atoms with Gasteiger partial charge in [-0.1, -0.05) is 30.3 Å². The lowest BCUT2D eigenvalue weighted by Gasteiger charge is -2.35. The van der Waals surface area contributed by atoms with Crippen LogP contribution in [-0.2, 0) is 4.79 Å². The molecule has 1 aliphatic heterocycles. The van der Waals surface area contributed by atoms with E-state index in [9.17, 15) is 4.79 Å². The minimum atomic E-state index is 0.113. The number of nitrogens with one attached hydrogen (secondary N) is 1. The van der Waals surface area contributed by atoms with Gasteiger partial charge < -0.3 is 10.2 Å². The SMILES string of the molecule is CC1CNCCN1CC(=O)N(C)C(C)c1ccccc1. The van der Waals surface area contributed by atoms with Crippen molar-refractivity contribution in [2.45, 2.75) is 25.9 Å². The first-order valence-corrected chi connectivity index (χ1v) is 7.35. The molecular weight excluding hydrogens is 250 g/mol. The van der Waals surface area contributed by atoms with Gasteiger partial charge in [-0.25, -0.2) is 0 Å². The molecule has 1 aliphatic rings. The molecule has 0 aromatic heterocycles. The van der Waals surface area contributed by atoms with Crippen molar-refractivity contribution in [1.82, 2.24) is 15.1 Å². The van der Waals surface area contributed by atoms with Crippen LogP contribution < -0.4 is 5.32 Å². The summed E-state index contributed by atoms with van der Waals surface area (Å²) in [6.07, 6.45) is 0. The minimum absolute atomic E-state index is 0.113. The van der Waals surface area contributed by atoms with E-state index in [1.165, 1.54) is 5.56 Å². The van der Waals surface area contributed by atoms with Crippen LogP contribution in [0.5, 0.6) is 0 Å².